The number of imide groups is 1. The average molecular weight is 703 g/mol. The summed E-state index contributed by atoms with van der Waals surface area (Å²) < 4.78 is 5.56. The Morgan fingerprint density at radius 3 is 2.44 bits per heavy atom. The molecule has 2 aromatic carbocycles. The molecule has 6 amide bonds. The monoisotopic (exact) mass is 702 g/mol. The largest absolute Gasteiger partial charge is 0.465 e. The van der Waals surface area contributed by atoms with Crippen molar-refractivity contribution in [3.8, 4) is 21.8 Å². The Morgan fingerprint density at radius 1 is 1.00 bits per heavy atom. The van der Waals surface area contributed by atoms with Crippen molar-refractivity contribution >= 4 is 57.3 Å². The van der Waals surface area contributed by atoms with Crippen LogP contribution in [-0.2, 0) is 14.3 Å². The van der Waals surface area contributed by atoms with Gasteiger partial charge in [0, 0.05) is 24.3 Å². The van der Waals surface area contributed by atoms with Crippen molar-refractivity contribution in [1.82, 2.24) is 35.4 Å². The smallest absolute Gasteiger partial charge is 0.407 e. The van der Waals surface area contributed by atoms with Gasteiger partial charge in [-0.05, 0) is 55.4 Å². The van der Waals surface area contributed by atoms with Gasteiger partial charge in [0.05, 0.1) is 35.3 Å². The number of aromatic amines is 1. The minimum Gasteiger partial charge on any atom is -0.465 e. The zero-order chi connectivity index (χ0) is 35.5. The van der Waals surface area contributed by atoms with Crippen molar-refractivity contribution in [3.63, 3.8) is 0 Å². The third-order valence-electron chi connectivity index (χ3n) is 8.97. The molecule has 4 aromatic rings. The number of nitrogens with one attached hydrogen (secondary N) is 4. The SMILES string of the molecule is COC(=O)N[C@H](C(=O)N1CCC[C@H]1c1ncc(-c2ccc(-c3nc4ccc(NC(=O)NC(=O)C5CCCN5C(=O)O)cc4s3)cc2)[nH]1)C(C)C. The Kier molecular flexibility index (Phi) is 9.99. The maximum atomic E-state index is 13.5. The van der Waals surface area contributed by atoms with Crippen molar-refractivity contribution in [2.24, 2.45) is 5.92 Å². The fourth-order valence-electron chi connectivity index (χ4n) is 6.39. The summed E-state index contributed by atoms with van der Waals surface area (Å²) in [4.78, 5) is 77.3. The molecule has 2 fully saturated rings. The number of carbonyl (C=O) groups excluding carboxylic acids is 4. The van der Waals surface area contributed by atoms with E-state index in [1.54, 1.807) is 29.3 Å². The van der Waals surface area contributed by atoms with Gasteiger partial charge in [-0.1, -0.05) is 38.1 Å². The van der Waals surface area contributed by atoms with E-state index in [1.165, 1.54) is 18.4 Å². The van der Waals surface area contributed by atoms with Crippen LogP contribution in [0.2, 0.25) is 0 Å². The van der Waals surface area contributed by atoms with Gasteiger partial charge in [-0.2, -0.15) is 0 Å². The summed E-state index contributed by atoms with van der Waals surface area (Å²) in [7, 11) is 1.27. The van der Waals surface area contributed by atoms with Crippen LogP contribution in [-0.4, -0.2) is 92.2 Å². The highest BCUT2D eigenvalue weighted by Gasteiger charge is 2.38. The van der Waals surface area contributed by atoms with E-state index in [9.17, 15) is 29.1 Å². The topological polar surface area (TPSA) is 199 Å². The average Bonchev–Trinajstić information content (AvgIpc) is 3.92. The summed E-state index contributed by atoms with van der Waals surface area (Å²) in [5, 5.41) is 17.6. The van der Waals surface area contributed by atoms with Crippen LogP contribution in [0.25, 0.3) is 32.0 Å². The van der Waals surface area contributed by atoms with Gasteiger partial charge in [0.2, 0.25) is 5.91 Å². The molecule has 1 unspecified atom stereocenters. The van der Waals surface area contributed by atoms with Crippen molar-refractivity contribution in [3.05, 3.63) is 54.5 Å². The Morgan fingerprint density at radius 2 is 1.72 bits per heavy atom. The summed E-state index contributed by atoms with van der Waals surface area (Å²) >= 11 is 1.45. The molecule has 2 aliphatic rings. The summed E-state index contributed by atoms with van der Waals surface area (Å²) in [6, 6.07) is 10.5. The van der Waals surface area contributed by atoms with Crippen LogP contribution in [0.3, 0.4) is 0 Å². The number of alkyl carbamates (subject to hydrolysis) is 1. The predicted octanol–water partition coefficient (Wildman–Crippen LogP) is 5.19. The molecule has 16 heteroatoms. The molecule has 6 rings (SSSR count). The lowest BCUT2D eigenvalue weighted by Crippen LogP contribution is -2.51. The number of methoxy groups -OCH3 is 1. The maximum Gasteiger partial charge on any atom is 0.407 e. The lowest BCUT2D eigenvalue weighted by Gasteiger charge is -2.30. The van der Waals surface area contributed by atoms with E-state index in [1.807, 2.05) is 38.1 Å². The first-order chi connectivity index (χ1) is 24.0. The number of carbonyl (C=O) groups is 5. The number of aromatic nitrogens is 3. The molecule has 15 nitrogen and oxygen atoms in total. The lowest BCUT2D eigenvalue weighted by atomic mass is 10.0. The minimum atomic E-state index is -1.19. The molecule has 2 aliphatic heterocycles. The Bertz CT molecular complexity index is 1920. The number of carboxylic acid groups (broad SMARTS) is 1. The normalized spacial score (nSPS) is 17.9. The third-order valence-corrected chi connectivity index (χ3v) is 10.0. The number of fused-ring (bicyclic) bond motifs is 1. The highest BCUT2D eigenvalue weighted by atomic mass is 32.1. The molecule has 0 aliphatic carbocycles. The van der Waals surface area contributed by atoms with Crippen LogP contribution in [0, 0.1) is 5.92 Å². The van der Waals surface area contributed by atoms with E-state index < -0.39 is 36.2 Å². The van der Waals surface area contributed by atoms with Crippen molar-refractivity contribution in [2.75, 3.05) is 25.5 Å². The summed E-state index contributed by atoms with van der Waals surface area (Å²) in [5.74, 6) is -0.257. The number of thiazole rings is 1. The number of imidazole rings is 1. The van der Waals surface area contributed by atoms with E-state index in [-0.39, 0.29) is 24.4 Å². The highest BCUT2D eigenvalue weighted by Crippen LogP contribution is 2.35. The number of rotatable bonds is 8. The van der Waals surface area contributed by atoms with Crippen LogP contribution in [0.4, 0.5) is 20.1 Å². The lowest BCUT2D eigenvalue weighted by molar-refractivity contribution is -0.135. The molecule has 2 aromatic heterocycles. The van der Waals surface area contributed by atoms with Gasteiger partial charge in [0.25, 0.3) is 5.91 Å². The molecule has 0 spiro atoms. The second-order valence-electron chi connectivity index (χ2n) is 12.6. The highest BCUT2D eigenvalue weighted by molar-refractivity contribution is 7.21. The molecule has 0 radical (unpaired) electrons. The number of hydrogen-bond donors (Lipinski definition) is 5. The number of likely N-dealkylation sites (tertiary alicyclic amines) is 2. The first-order valence-electron chi connectivity index (χ1n) is 16.3. The van der Waals surface area contributed by atoms with E-state index in [2.05, 4.69) is 25.9 Å². The Balaban J connectivity index is 1.10. The second-order valence-corrected chi connectivity index (χ2v) is 13.6. The van der Waals surface area contributed by atoms with Crippen molar-refractivity contribution < 1.29 is 33.8 Å². The Hall–Kier alpha value is -5.51. The fourth-order valence-corrected chi connectivity index (χ4v) is 7.40. The Labute approximate surface area is 291 Å². The molecule has 0 bridgehead atoms. The first-order valence-corrected chi connectivity index (χ1v) is 17.2. The number of anilines is 1. The van der Waals surface area contributed by atoms with Crippen LogP contribution >= 0.6 is 11.3 Å². The molecule has 3 atom stereocenters. The third kappa shape index (κ3) is 7.24. The molecule has 0 saturated carbocycles. The van der Waals surface area contributed by atoms with Gasteiger partial charge in [-0.3, -0.25) is 19.8 Å². The van der Waals surface area contributed by atoms with Gasteiger partial charge in [0.1, 0.15) is 22.9 Å². The standard InChI is InChI=1S/C34H38N8O7S/c1-18(2)27(39-33(46)49-3)31(44)41-14-4-6-24(41)28-35-17-23(37-28)19-8-10-20(11-9-19)30-38-22-13-12-21(16-26(22)50-30)36-32(45)40-29(43)25-7-5-15-42(25)34(47)48/h8-13,16-18,24-25,27H,4-7,14-15H2,1-3H3,(H,35,37)(H,39,46)(H,47,48)(H2,36,40,43,45)/t24-,25?,27-/m0/s1. The first kappa shape index (κ1) is 34.4. The number of ether oxygens (including phenoxy) is 1. The predicted molar refractivity (Wildman–Crippen MR) is 185 cm³/mol. The summed E-state index contributed by atoms with van der Waals surface area (Å²) in [6.45, 7) is 4.59. The van der Waals surface area contributed by atoms with Gasteiger partial charge in [-0.15, -0.1) is 11.3 Å². The number of benzene rings is 2. The summed E-state index contributed by atoms with van der Waals surface area (Å²) in [6.07, 6.45) is 2.43. The molecule has 4 heterocycles. The molecule has 50 heavy (non-hydrogen) atoms. The van der Waals surface area contributed by atoms with E-state index in [0.29, 0.717) is 30.9 Å². The number of nitrogens with zero attached hydrogens (tertiary/aromatic N) is 4. The van der Waals surface area contributed by atoms with Crippen LogP contribution in [0.15, 0.2) is 48.7 Å². The van der Waals surface area contributed by atoms with Gasteiger partial charge >= 0.3 is 18.2 Å². The van der Waals surface area contributed by atoms with Gasteiger partial charge in [0.15, 0.2) is 0 Å². The molecular weight excluding hydrogens is 664 g/mol. The molecule has 2 saturated heterocycles. The van der Waals surface area contributed by atoms with E-state index in [4.69, 9.17) is 9.72 Å². The number of H-pyrrole nitrogens is 1. The number of hydrogen-bond acceptors (Lipinski definition) is 9. The van der Waals surface area contributed by atoms with Gasteiger partial charge < -0.3 is 30.4 Å². The molecule has 5 N–H and O–H groups in total. The quantitative estimate of drug-likeness (QED) is 0.164. The van der Waals surface area contributed by atoms with E-state index in [0.717, 1.165) is 49.8 Å². The van der Waals surface area contributed by atoms with Crippen molar-refractivity contribution in [1.29, 1.82) is 0 Å². The van der Waals surface area contributed by atoms with Crippen LogP contribution in [0.1, 0.15) is 51.4 Å². The molecule has 262 valence electrons. The van der Waals surface area contributed by atoms with E-state index >= 15 is 0 Å². The number of urea groups is 1. The second kappa shape index (κ2) is 14.5. The molecular formula is C34H38N8O7S. The van der Waals surface area contributed by atoms with Crippen LogP contribution in [0.5, 0.6) is 0 Å². The van der Waals surface area contributed by atoms with Gasteiger partial charge in [-0.25, -0.2) is 24.4 Å². The minimum absolute atomic E-state index is 0.123. The number of amides is 6. The zero-order valence-corrected chi connectivity index (χ0v) is 28.6. The van der Waals surface area contributed by atoms with Crippen LogP contribution < -0.4 is 16.0 Å². The summed E-state index contributed by atoms with van der Waals surface area (Å²) in [5.41, 5.74) is 3.83. The zero-order valence-electron chi connectivity index (χ0n) is 27.8. The maximum absolute atomic E-state index is 13.5. The fraction of sp³-hybridized carbons (Fsp3) is 0.382. The van der Waals surface area contributed by atoms with Crippen molar-refractivity contribution in [2.45, 2.75) is 57.7 Å².